The van der Waals surface area contributed by atoms with Crippen LogP contribution in [0.5, 0.6) is 0 Å². The van der Waals surface area contributed by atoms with Gasteiger partial charge in [-0.2, -0.15) is 0 Å². The summed E-state index contributed by atoms with van der Waals surface area (Å²) in [5.41, 5.74) is 4.30. The van der Waals surface area contributed by atoms with E-state index in [0.29, 0.717) is 34.1 Å². The number of anilines is 4. The second-order valence-electron chi connectivity index (χ2n) is 6.67. The summed E-state index contributed by atoms with van der Waals surface area (Å²) in [4.78, 5) is 33.6. The first-order chi connectivity index (χ1) is 15.1. The van der Waals surface area contributed by atoms with Gasteiger partial charge in [0, 0.05) is 48.6 Å². The van der Waals surface area contributed by atoms with Gasteiger partial charge in [0.1, 0.15) is 24.3 Å². The van der Waals surface area contributed by atoms with Crippen molar-refractivity contribution in [3.05, 3.63) is 78.8 Å². The molecule has 0 radical (unpaired) electrons. The van der Waals surface area contributed by atoms with Crippen LogP contribution in [-0.2, 0) is 0 Å². The standard InChI is InChI=1S/C22H20N8O/c1-14-3-4-15(22(31)29-16-5-7-24-8-6-16)9-18(14)30-21-17(11-25-12-28-21)19-10-20(23-2)27-13-26-19/h3-13H,1-2H3,(H,23,26,27)(H,24,29,31)(H,25,28,30). The highest BCUT2D eigenvalue weighted by molar-refractivity contribution is 6.05. The number of aryl methyl sites for hydroxylation is 1. The average molecular weight is 412 g/mol. The van der Waals surface area contributed by atoms with Crippen LogP contribution in [0.3, 0.4) is 0 Å². The van der Waals surface area contributed by atoms with Crippen molar-refractivity contribution in [1.29, 1.82) is 0 Å². The Bertz CT molecular complexity index is 1210. The first-order valence-corrected chi connectivity index (χ1v) is 9.53. The molecule has 3 N–H and O–H groups in total. The molecule has 0 aliphatic heterocycles. The molecule has 0 aliphatic rings. The van der Waals surface area contributed by atoms with E-state index in [1.54, 1.807) is 49.9 Å². The number of benzene rings is 1. The second-order valence-corrected chi connectivity index (χ2v) is 6.67. The number of nitrogens with zero attached hydrogens (tertiary/aromatic N) is 5. The van der Waals surface area contributed by atoms with E-state index >= 15 is 0 Å². The molecular formula is C22H20N8O. The summed E-state index contributed by atoms with van der Waals surface area (Å²) in [5, 5.41) is 9.17. The molecule has 1 aromatic carbocycles. The molecule has 3 aromatic heterocycles. The van der Waals surface area contributed by atoms with E-state index in [-0.39, 0.29) is 5.91 Å². The van der Waals surface area contributed by atoms with E-state index in [2.05, 4.69) is 40.9 Å². The highest BCUT2D eigenvalue weighted by atomic mass is 16.1. The van der Waals surface area contributed by atoms with E-state index in [1.165, 1.54) is 12.7 Å². The first-order valence-electron chi connectivity index (χ1n) is 9.53. The molecule has 4 rings (SSSR count). The van der Waals surface area contributed by atoms with Gasteiger partial charge < -0.3 is 16.0 Å². The lowest BCUT2D eigenvalue weighted by Gasteiger charge is -2.14. The highest BCUT2D eigenvalue weighted by Crippen LogP contribution is 2.29. The zero-order chi connectivity index (χ0) is 21.6. The van der Waals surface area contributed by atoms with Crippen molar-refractivity contribution in [1.82, 2.24) is 24.9 Å². The topological polar surface area (TPSA) is 118 Å². The minimum atomic E-state index is -0.216. The molecule has 0 aliphatic carbocycles. The van der Waals surface area contributed by atoms with Gasteiger partial charge in [0.25, 0.3) is 5.91 Å². The van der Waals surface area contributed by atoms with E-state index in [9.17, 15) is 4.79 Å². The maximum atomic E-state index is 12.7. The number of pyridine rings is 1. The zero-order valence-corrected chi connectivity index (χ0v) is 17.0. The second kappa shape index (κ2) is 8.95. The summed E-state index contributed by atoms with van der Waals surface area (Å²) < 4.78 is 0. The number of nitrogens with one attached hydrogen (secondary N) is 3. The van der Waals surface area contributed by atoms with Crippen LogP contribution in [-0.4, -0.2) is 37.9 Å². The largest absolute Gasteiger partial charge is 0.373 e. The van der Waals surface area contributed by atoms with Crippen molar-refractivity contribution in [2.45, 2.75) is 6.92 Å². The van der Waals surface area contributed by atoms with Gasteiger partial charge in [-0.3, -0.25) is 9.78 Å². The number of hydrogen-bond acceptors (Lipinski definition) is 8. The van der Waals surface area contributed by atoms with Crippen LogP contribution < -0.4 is 16.0 Å². The molecule has 0 bridgehead atoms. The molecular weight excluding hydrogens is 392 g/mol. The quantitative estimate of drug-likeness (QED) is 0.439. The Balaban J connectivity index is 1.63. The van der Waals surface area contributed by atoms with Crippen molar-refractivity contribution < 1.29 is 4.79 Å². The molecule has 1 amide bonds. The molecule has 0 atom stereocenters. The lowest BCUT2D eigenvalue weighted by atomic mass is 10.1. The average Bonchev–Trinajstić information content (AvgIpc) is 2.81. The van der Waals surface area contributed by atoms with Gasteiger partial charge in [0.05, 0.1) is 11.3 Å². The molecule has 3 heterocycles. The normalized spacial score (nSPS) is 10.4. The number of aromatic nitrogens is 5. The van der Waals surface area contributed by atoms with Gasteiger partial charge in [0.2, 0.25) is 0 Å². The van der Waals surface area contributed by atoms with Crippen molar-refractivity contribution in [3.8, 4) is 11.3 Å². The SMILES string of the molecule is CNc1cc(-c2cncnc2Nc2cc(C(=O)Nc3ccncc3)ccc2C)ncn1. The van der Waals surface area contributed by atoms with Crippen LogP contribution in [0.25, 0.3) is 11.3 Å². The lowest BCUT2D eigenvalue weighted by Crippen LogP contribution is -2.12. The number of carbonyl (C=O) groups excluding carboxylic acids is 1. The summed E-state index contributed by atoms with van der Waals surface area (Å²) in [6.07, 6.45) is 7.88. The van der Waals surface area contributed by atoms with Crippen LogP contribution in [0.15, 0.2) is 67.6 Å². The minimum absolute atomic E-state index is 0.216. The number of rotatable bonds is 6. The molecule has 9 nitrogen and oxygen atoms in total. The Hall–Kier alpha value is -4.40. The van der Waals surface area contributed by atoms with Gasteiger partial charge in [0.15, 0.2) is 0 Å². The fourth-order valence-electron chi connectivity index (χ4n) is 2.92. The van der Waals surface area contributed by atoms with Crippen molar-refractivity contribution >= 4 is 28.9 Å². The smallest absolute Gasteiger partial charge is 0.255 e. The monoisotopic (exact) mass is 412 g/mol. The van der Waals surface area contributed by atoms with E-state index in [0.717, 1.165) is 11.3 Å². The van der Waals surface area contributed by atoms with Gasteiger partial charge in [-0.15, -0.1) is 0 Å². The molecule has 4 aromatic rings. The molecule has 0 unspecified atom stereocenters. The molecule has 154 valence electrons. The molecule has 31 heavy (non-hydrogen) atoms. The third kappa shape index (κ3) is 4.61. The summed E-state index contributed by atoms with van der Waals surface area (Å²) in [5.74, 6) is 1.04. The third-order valence-corrected chi connectivity index (χ3v) is 4.60. The molecule has 0 saturated heterocycles. The van der Waals surface area contributed by atoms with Crippen molar-refractivity contribution in [3.63, 3.8) is 0 Å². The van der Waals surface area contributed by atoms with Gasteiger partial charge in [-0.1, -0.05) is 6.07 Å². The molecule has 0 spiro atoms. The lowest BCUT2D eigenvalue weighted by molar-refractivity contribution is 0.102. The van der Waals surface area contributed by atoms with Crippen LogP contribution in [0, 0.1) is 6.92 Å². The van der Waals surface area contributed by atoms with Gasteiger partial charge in [-0.05, 0) is 36.8 Å². The van der Waals surface area contributed by atoms with Gasteiger partial charge >= 0.3 is 0 Å². The Kier molecular flexibility index (Phi) is 5.75. The molecule has 9 heteroatoms. The first kappa shape index (κ1) is 19.9. The van der Waals surface area contributed by atoms with E-state index in [4.69, 9.17) is 0 Å². The predicted molar refractivity (Wildman–Crippen MR) is 119 cm³/mol. The van der Waals surface area contributed by atoms with E-state index in [1.807, 2.05) is 19.1 Å². The van der Waals surface area contributed by atoms with Crippen LogP contribution in [0.1, 0.15) is 15.9 Å². The van der Waals surface area contributed by atoms with Crippen LogP contribution in [0.2, 0.25) is 0 Å². The van der Waals surface area contributed by atoms with E-state index < -0.39 is 0 Å². The maximum Gasteiger partial charge on any atom is 0.255 e. The molecule has 0 saturated carbocycles. The number of hydrogen-bond donors (Lipinski definition) is 3. The summed E-state index contributed by atoms with van der Waals surface area (Å²) in [7, 11) is 1.79. The fraction of sp³-hybridized carbons (Fsp3) is 0.0909. The summed E-state index contributed by atoms with van der Waals surface area (Å²) >= 11 is 0. The summed E-state index contributed by atoms with van der Waals surface area (Å²) in [6, 6.07) is 10.7. The maximum absolute atomic E-state index is 12.7. The number of carbonyl (C=O) groups is 1. The van der Waals surface area contributed by atoms with Crippen molar-refractivity contribution in [2.75, 3.05) is 23.0 Å². The molecule has 0 fully saturated rings. The summed E-state index contributed by atoms with van der Waals surface area (Å²) in [6.45, 7) is 1.96. The Labute approximate surface area is 179 Å². The minimum Gasteiger partial charge on any atom is -0.373 e. The van der Waals surface area contributed by atoms with Crippen LogP contribution >= 0.6 is 0 Å². The Morgan fingerprint density at radius 2 is 1.77 bits per heavy atom. The fourth-order valence-corrected chi connectivity index (χ4v) is 2.92. The van der Waals surface area contributed by atoms with Gasteiger partial charge in [-0.25, -0.2) is 19.9 Å². The predicted octanol–water partition coefficient (Wildman–Crippen LogP) is 3.67. The Morgan fingerprint density at radius 1 is 0.935 bits per heavy atom. The zero-order valence-electron chi connectivity index (χ0n) is 17.0. The highest BCUT2D eigenvalue weighted by Gasteiger charge is 2.13. The van der Waals surface area contributed by atoms with Crippen molar-refractivity contribution in [2.24, 2.45) is 0 Å². The Morgan fingerprint density at radius 3 is 2.58 bits per heavy atom. The van der Waals surface area contributed by atoms with Crippen LogP contribution in [0.4, 0.5) is 23.0 Å². The third-order valence-electron chi connectivity index (χ3n) is 4.60. The number of amides is 1.